The first-order chi connectivity index (χ1) is 18.3. The molecule has 0 amide bonds. The summed E-state index contributed by atoms with van der Waals surface area (Å²) >= 11 is 0. The zero-order valence-corrected chi connectivity index (χ0v) is 26.6. The molecule has 2 aliphatic rings. The van der Waals surface area contributed by atoms with Crippen molar-refractivity contribution in [2.24, 2.45) is 20.4 Å². The van der Waals surface area contributed by atoms with Gasteiger partial charge in [0.05, 0.1) is 11.1 Å². The maximum Gasteiger partial charge on any atom is 0.259 e. The van der Waals surface area contributed by atoms with Crippen LogP contribution < -0.4 is 0 Å². The average molecular weight is 545 g/mol. The van der Waals surface area contributed by atoms with Gasteiger partial charge >= 0.3 is 0 Å². The van der Waals surface area contributed by atoms with Crippen LogP contribution >= 0.6 is 0 Å². The Labute approximate surface area is 240 Å². The van der Waals surface area contributed by atoms with Crippen LogP contribution in [-0.4, -0.2) is 66.6 Å². The van der Waals surface area contributed by atoms with Crippen molar-refractivity contribution in [3.63, 3.8) is 0 Å². The van der Waals surface area contributed by atoms with Crippen molar-refractivity contribution in [2.45, 2.75) is 105 Å². The molecule has 0 atom stereocenters. The van der Waals surface area contributed by atoms with Gasteiger partial charge in [0, 0.05) is 62.9 Å². The number of hydrogen-bond donors (Lipinski definition) is 0. The van der Waals surface area contributed by atoms with Gasteiger partial charge in [0.2, 0.25) is 11.7 Å². The van der Waals surface area contributed by atoms with E-state index < -0.39 is 0 Å². The standard InChI is InChI=1S/C32H48N8/c1-29(2,3)37-21-38(30(4,5)6)34-27(33-37)25-17-13-23(14-18-25)24-15-19-26(20-16-24)28-35-39(31(7,8)9)22-40(36-28)32(10,11)12/h13-20H,21-22H2,1-12H3/q+2. The fourth-order valence-electron chi connectivity index (χ4n) is 4.18. The molecule has 2 aliphatic heterocycles. The molecule has 0 unspecified atom stereocenters. The minimum Gasteiger partial charge on any atom is -0.229 e. The molecule has 2 aromatic carbocycles. The summed E-state index contributed by atoms with van der Waals surface area (Å²) in [5.41, 5.74) is 3.88. The van der Waals surface area contributed by atoms with Gasteiger partial charge < -0.3 is 0 Å². The number of rotatable bonds is 3. The SMILES string of the molecule is CC(C)(C)N1C[N+](C(C)(C)C)=NC(c2ccc(-c3ccc(C4=NN(C(C)(C)C)C[N+](C(C)(C)C)=N4)cc3)cc2)=N1. The van der Waals surface area contributed by atoms with Gasteiger partial charge in [-0.2, -0.15) is 0 Å². The van der Waals surface area contributed by atoms with E-state index in [0.29, 0.717) is 13.3 Å². The van der Waals surface area contributed by atoms with Crippen LogP contribution in [0.5, 0.6) is 0 Å². The summed E-state index contributed by atoms with van der Waals surface area (Å²) in [6.07, 6.45) is 0. The molecule has 0 fully saturated rings. The third-order valence-electron chi connectivity index (χ3n) is 7.11. The maximum absolute atomic E-state index is 4.91. The lowest BCUT2D eigenvalue weighted by molar-refractivity contribution is -0.671. The lowest BCUT2D eigenvalue weighted by atomic mass is 10.0. The largest absolute Gasteiger partial charge is 0.259 e. The summed E-state index contributed by atoms with van der Waals surface area (Å²) in [5.74, 6) is 1.48. The summed E-state index contributed by atoms with van der Waals surface area (Å²) in [6, 6.07) is 17.0. The van der Waals surface area contributed by atoms with Crippen LogP contribution in [0.3, 0.4) is 0 Å². The van der Waals surface area contributed by atoms with Crippen molar-refractivity contribution >= 4 is 11.7 Å². The number of hydrazone groups is 2. The molecule has 0 spiro atoms. The van der Waals surface area contributed by atoms with Crippen LogP contribution in [0.25, 0.3) is 11.1 Å². The van der Waals surface area contributed by atoms with Crippen molar-refractivity contribution in [1.82, 2.24) is 10.0 Å². The second-order valence-corrected chi connectivity index (χ2v) is 14.8. The monoisotopic (exact) mass is 544 g/mol. The Bertz CT molecular complexity index is 1240. The molecule has 4 rings (SSSR count). The highest BCUT2D eigenvalue weighted by atomic mass is 15.6. The fourth-order valence-corrected chi connectivity index (χ4v) is 4.18. The summed E-state index contributed by atoms with van der Waals surface area (Å²) < 4.78 is 4.24. The highest BCUT2D eigenvalue weighted by Gasteiger charge is 2.38. The number of azo groups is 4. The second-order valence-electron chi connectivity index (χ2n) is 14.8. The van der Waals surface area contributed by atoms with E-state index in [-0.39, 0.29) is 22.2 Å². The zero-order valence-electron chi connectivity index (χ0n) is 26.6. The first kappa shape index (κ1) is 29.6. The van der Waals surface area contributed by atoms with Gasteiger partial charge in [-0.25, -0.2) is 10.0 Å². The van der Waals surface area contributed by atoms with Crippen molar-refractivity contribution in [3.8, 4) is 11.1 Å². The van der Waals surface area contributed by atoms with Gasteiger partial charge in [-0.15, -0.1) is 10.2 Å². The van der Waals surface area contributed by atoms with Crippen LogP contribution in [-0.2, 0) is 0 Å². The van der Waals surface area contributed by atoms with Crippen molar-refractivity contribution < 1.29 is 9.39 Å². The van der Waals surface area contributed by atoms with Crippen LogP contribution in [0.15, 0.2) is 69.0 Å². The quantitative estimate of drug-likeness (QED) is 0.379. The van der Waals surface area contributed by atoms with Gasteiger partial charge in [-0.3, -0.25) is 0 Å². The molecule has 8 heteroatoms. The highest BCUT2D eigenvalue weighted by Crippen LogP contribution is 2.27. The van der Waals surface area contributed by atoms with Gasteiger partial charge in [0.15, 0.2) is 11.1 Å². The number of benzene rings is 2. The molecule has 0 saturated heterocycles. The summed E-state index contributed by atoms with van der Waals surface area (Å²) in [5, 5.41) is 23.9. The van der Waals surface area contributed by atoms with Gasteiger partial charge in [0.25, 0.3) is 13.3 Å². The van der Waals surface area contributed by atoms with Crippen molar-refractivity contribution in [3.05, 3.63) is 59.7 Å². The average Bonchev–Trinajstić information content (AvgIpc) is 2.86. The molecule has 0 aliphatic carbocycles. The molecule has 0 N–H and O–H groups in total. The Morgan fingerprint density at radius 3 is 1.00 bits per heavy atom. The minimum atomic E-state index is -0.102. The molecule has 40 heavy (non-hydrogen) atoms. The lowest BCUT2D eigenvalue weighted by Crippen LogP contribution is -2.49. The van der Waals surface area contributed by atoms with Gasteiger partial charge in [-0.05, 0) is 52.7 Å². The van der Waals surface area contributed by atoms with E-state index in [0.717, 1.165) is 33.9 Å². The van der Waals surface area contributed by atoms with Crippen molar-refractivity contribution in [2.75, 3.05) is 13.3 Å². The minimum absolute atomic E-state index is 0.102. The van der Waals surface area contributed by atoms with Gasteiger partial charge in [-0.1, -0.05) is 57.9 Å². The topological polar surface area (TPSA) is 61.9 Å². The van der Waals surface area contributed by atoms with Gasteiger partial charge in [0.1, 0.15) is 0 Å². The van der Waals surface area contributed by atoms with Crippen molar-refractivity contribution in [1.29, 1.82) is 0 Å². The Morgan fingerprint density at radius 2 is 0.750 bits per heavy atom. The summed E-state index contributed by atoms with van der Waals surface area (Å²) in [7, 11) is 0. The first-order valence-corrected chi connectivity index (χ1v) is 14.2. The maximum atomic E-state index is 4.91. The molecule has 0 saturated carbocycles. The zero-order chi connectivity index (χ0) is 29.7. The van der Waals surface area contributed by atoms with Crippen LogP contribution in [0.1, 0.15) is 94.2 Å². The number of hydrogen-bond acceptors (Lipinski definition) is 6. The molecule has 0 aromatic heterocycles. The predicted octanol–water partition coefficient (Wildman–Crippen LogP) is 7.35. The molecular formula is C32H48N8+2. The van der Waals surface area contributed by atoms with E-state index in [1.54, 1.807) is 0 Å². The molecule has 0 radical (unpaired) electrons. The lowest BCUT2D eigenvalue weighted by Gasteiger charge is -2.34. The Kier molecular flexibility index (Phi) is 7.54. The third kappa shape index (κ3) is 6.65. The third-order valence-corrected chi connectivity index (χ3v) is 7.11. The molecule has 8 nitrogen and oxygen atoms in total. The number of nitrogens with zero attached hydrogens (tertiary/aromatic N) is 8. The Morgan fingerprint density at radius 1 is 0.475 bits per heavy atom. The summed E-state index contributed by atoms with van der Waals surface area (Å²) in [4.78, 5) is 0. The second kappa shape index (κ2) is 10.2. The van der Waals surface area contributed by atoms with Crippen LogP contribution in [0.2, 0.25) is 0 Å². The summed E-state index contributed by atoms with van der Waals surface area (Å²) in [6.45, 7) is 27.5. The smallest absolute Gasteiger partial charge is 0.229 e. The first-order valence-electron chi connectivity index (χ1n) is 14.2. The Balaban J connectivity index is 1.61. The molecule has 2 heterocycles. The number of amidine groups is 2. The van der Waals surface area contributed by atoms with E-state index in [9.17, 15) is 0 Å². The highest BCUT2D eigenvalue weighted by molar-refractivity contribution is 6.00. The predicted molar refractivity (Wildman–Crippen MR) is 163 cm³/mol. The molecule has 0 bridgehead atoms. The van der Waals surface area contributed by atoms with Crippen LogP contribution in [0, 0.1) is 0 Å². The molecule has 2 aromatic rings. The molecule has 214 valence electrons. The van der Waals surface area contributed by atoms with E-state index in [4.69, 9.17) is 20.4 Å². The normalized spacial score (nSPS) is 17.3. The van der Waals surface area contributed by atoms with E-state index >= 15 is 0 Å². The van der Waals surface area contributed by atoms with Crippen LogP contribution in [0.4, 0.5) is 0 Å². The molecular weight excluding hydrogens is 496 g/mol. The fraction of sp³-hybridized carbons (Fsp3) is 0.562. The Hall–Kier alpha value is -3.42. The van der Waals surface area contributed by atoms with E-state index in [2.05, 4.69) is 151 Å². The van der Waals surface area contributed by atoms with E-state index in [1.165, 1.54) is 0 Å². The van der Waals surface area contributed by atoms with E-state index in [1.807, 2.05) is 0 Å².